The largest absolute Gasteiger partial charge is 0.293 e. The molecule has 0 bridgehead atoms. The standard InChI is InChI=1S/C19H18Cl2N2O2S2/c1-11(2)5-7-23-18(25)17-15(6-8-26-17)22-19(23)27-10-16(24)12-3-4-13(20)14(21)9-12/h3-4,6,8-9,11H,5,7,10H2,1-2H3. The summed E-state index contributed by atoms with van der Waals surface area (Å²) in [6.07, 6.45) is 0.868. The van der Waals surface area contributed by atoms with Crippen molar-refractivity contribution in [2.45, 2.75) is 32.0 Å². The molecular weight excluding hydrogens is 423 g/mol. The van der Waals surface area contributed by atoms with Gasteiger partial charge in [0.25, 0.3) is 5.56 Å². The van der Waals surface area contributed by atoms with Crippen molar-refractivity contribution in [1.29, 1.82) is 0 Å². The van der Waals surface area contributed by atoms with E-state index >= 15 is 0 Å². The van der Waals surface area contributed by atoms with Crippen molar-refractivity contribution < 1.29 is 4.79 Å². The van der Waals surface area contributed by atoms with Crippen LogP contribution in [0.25, 0.3) is 10.2 Å². The lowest BCUT2D eigenvalue weighted by Gasteiger charge is -2.13. The van der Waals surface area contributed by atoms with Crippen LogP contribution in [0.15, 0.2) is 39.6 Å². The maximum Gasteiger partial charge on any atom is 0.272 e. The van der Waals surface area contributed by atoms with E-state index in [0.717, 1.165) is 6.42 Å². The summed E-state index contributed by atoms with van der Waals surface area (Å²) < 4.78 is 2.34. The highest BCUT2D eigenvalue weighted by Crippen LogP contribution is 2.25. The zero-order valence-corrected chi connectivity index (χ0v) is 18.0. The summed E-state index contributed by atoms with van der Waals surface area (Å²) in [5.74, 6) is 0.544. The molecule has 0 aliphatic rings. The van der Waals surface area contributed by atoms with E-state index in [1.165, 1.54) is 23.1 Å². The molecule has 4 nitrogen and oxygen atoms in total. The molecule has 0 fully saturated rings. The minimum atomic E-state index is -0.0892. The number of fused-ring (bicyclic) bond motifs is 1. The number of nitrogens with zero attached hydrogens (tertiary/aromatic N) is 2. The van der Waals surface area contributed by atoms with Crippen molar-refractivity contribution in [3.8, 4) is 0 Å². The van der Waals surface area contributed by atoms with Gasteiger partial charge in [-0.2, -0.15) is 0 Å². The number of thioether (sulfide) groups is 1. The van der Waals surface area contributed by atoms with Gasteiger partial charge in [0.2, 0.25) is 0 Å². The molecule has 0 amide bonds. The molecule has 3 aromatic rings. The van der Waals surface area contributed by atoms with Crippen molar-refractivity contribution in [3.63, 3.8) is 0 Å². The maximum absolute atomic E-state index is 12.8. The molecule has 2 heterocycles. The zero-order valence-electron chi connectivity index (χ0n) is 14.9. The highest BCUT2D eigenvalue weighted by atomic mass is 35.5. The monoisotopic (exact) mass is 440 g/mol. The molecule has 0 spiro atoms. The zero-order chi connectivity index (χ0) is 19.6. The van der Waals surface area contributed by atoms with E-state index in [9.17, 15) is 9.59 Å². The summed E-state index contributed by atoms with van der Waals surface area (Å²) in [6, 6.07) is 6.65. The number of carbonyl (C=O) groups excluding carboxylic acids is 1. The van der Waals surface area contributed by atoms with E-state index in [4.69, 9.17) is 23.2 Å². The normalized spacial score (nSPS) is 11.4. The van der Waals surface area contributed by atoms with Crippen LogP contribution in [0.4, 0.5) is 0 Å². The molecule has 1 aromatic carbocycles. The molecule has 0 N–H and O–H groups in total. The molecule has 0 saturated carbocycles. The average molecular weight is 441 g/mol. The van der Waals surface area contributed by atoms with Crippen molar-refractivity contribution in [3.05, 3.63) is 55.6 Å². The first-order valence-electron chi connectivity index (χ1n) is 8.46. The first kappa shape index (κ1) is 20.4. The van der Waals surface area contributed by atoms with Gasteiger partial charge in [0.05, 0.1) is 21.3 Å². The lowest BCUT2D eigenvalue weighted by molar-refractivity contribution is 0.102. The van der Waals surface area contributed by atoms with Crippen molar-refractivity contribution in [1.82, 2.24) is 9.55 Å². The molecule has 0 aliphatic carbocycles. The third-order valence-corrected chi connectivity index (χ3v) is 6.64. The van der Waals surface area contributed by atoms with Crippen molar-refractivity contribution in [2.24, 2.45) is 5.92 Å². The van der Waals surface area contributed by atoms with Crippen LogP contribution in [0.2, 0.25) is 10.0 Å². The summed E-state index contributed by atoms with van der Waals surface area (Å²) >= 11 is 14.6. The molecular formula is C19H18Cl2N2O2S2. The van der Waals surface area contributed by atoms with Gasteiger partial charge in [-0.1, -0.05) is 48.8 Å². The Kier molecular flexibility index (Phi) is 6.63. The molecule has 2 aromatic heterocycles. The quantitative estimate of drug-likeness (QED) is 0.265. The summed E-state index contributed by atoms with van der Waals surface area (Å²) in [4.78, 5) is 30.0. The third kappa shape index (κ3) is 4.74. The summed E-state index contributed by atoms with van der Waals surface area (Å²) in [5.41, 5.74) is 1.13. The Hall–Kier alpha value is -1.34. The fourth-order valence-corrected chi connectivity index (χ4v) is 4.50. The van der Waals surface area contributed by atoms with Crippen LogP contribution in [-0.4, -0.2) is 21.1 Å². The molecule has 0 unspecified atom stereocenters. The lowest BCUT2D eigenvalue weighted by Crippen LogP contribution is -2.23. The van der Waals surface area contributed by atoms with E-state index < -0.39 is 0 Å². The number of ketones is 1. The summed E-state index contributed by atoms with van der Waals surface area (Å²) in [6.45, 7) is 4.81. The minimum absolute atomic E-state index is 0.0415. The molecule has 8 heteroatoms. The number of thiophene rings is 1. The smallest absolute Gasteiger partial charge is 0.272 e. The van der Waals surface area contributed by atoms with E-state index in [-0.39, 0.29) is 17.1 Å². The Morgan fingerprint density at radius 3 is 2.74 bits per heavy atom. The number of aromatic nitrogens is 2. The van der Waals surface area contributed by atoms with Crippen LogP contribution < -0.4 is 5.56 Å². The van der Waals surface area contributed by atoms with Gasteiger partial charge in [-0.05, 0) is 42.0 Å². The van der Waals surface area contributed by atoms with Crippen LogP contribution in [0.3, 0.4) is 0 Å². The van der Waals surface area contributed by atoms with E-state index in [1.54, 1.807) is 22.8 Å². The first-order chi connectivity index (χ1) is 12.9. The van der Waals surface area contributed by atoms with Gasteiger partial charge in [-0.3, -0.25) is 14.2 Å². The number of hydrogen-bond acceptors (Lipinski definition) is 5. The first-order valence-corrected chi connectivity index (χ1v) is 11.1. The Morgan fingerprint density at radius 1 is 1.26 bits per heavy atom. The molecule has 0 atom stereocenters. The molecule has 0 radical (unpaired) electrons. The van der Waals surface area contributed by atoms with E-state index in [1.807, 2.05) is 11.4 Å². The number of rotatable bonds is 7. The molecule has 3 rings (SSSR count). The predicted molar refractivity (Wildman–Crippen MR) is 115 cm³/mol. The summed E-state index contributed by atoms with van der Waals surface area (Å²) in [7, 11) is 0. The van der Waals surface area contributed by atoms with Crippen LogP contribution in [-0.2, 0) is 6.54 Å². The fraction of sp³-hybridized carbons (Fsp3) is 0.316. The number of halogens is 2. The van der Waals surface area contributed by atoms with Crippen LogP contribution in [0.5, 0.6) is 0 Å². The van der Waals surface area contributed by atoms with Gasteiger partial charge in [0, 0.05) is 12.1 Å². The average Bonchev–Trinajstić information content (AvgIpc) is 3.10. The number of carbonyl (C=O) groups is 1. The van der Waals surface area contributed by atoms with Gasteiger partial charge in [-0.15, -0.1) is 11.3 Å². The highest BCUT2D eigenvalue weighted by Gasteiger charge is 2.15. The Labute approximate surface area is 175 Å². The van der Waals surface area contributed by atoms with E-state index in [2.05, 4.69) is 18.8 Å². The van der Waals surface area contributed by atoms with Crippen LogP contribution >= 0.6 is 46.3 Å². The molecule has 27 heavy (non-hydrogen) atoms. The highest BCUT2D eigenvalue weighted by molar-refractivity contribution is 7.99. The van der Waals surface area contributed by atoms with Gasteiger partial charge < -0.3 is 0 Å². The van der Waals surface area contributed by atoms with Gasteiger partial charge in [0.15, 0.2) is 10.9 Å². The topological polar surface area (TPSA) is 52.0 Å². The summed E-state index contributed by atoms with van der Waals surface area (Å²) in [5, 5.41) is 3.19. The van der Waals surface area contributed by atoms with E-state index in [0.29, 0.717) is 43.4 Å². The molecule has 0 aliphatic heterocycles. The van der Waals surface area contributed by atoms with Crippen molar-refractivity contribution >= 4 is 62.3 Å². The second kappa shape index (κ2) is 8.78. The van der Waals surface area contributed by atoms with Crippen LogP contribution in [0, 0.1) is 5.92 Å². The van der Waals surface area contributed by atoms with Crippen LogP contribution in [0.1, 0.15) is 30.6 Å². The Balaban J connectivity index is 1.86. The van der Waals surface area contributed by atoms with Gasteiger partial charge in [0.1, 0.15) is 4.70 Å². The van der Waals surface area contributed by atoms with Crippen molar-refractivity contribution in [2.75, 3.05) is 5.75 Å². The maximum atomic E-state index is 12.8. The fourth-order valence-electron chi connectivity index (χ4n) is 2.50. The number of hydrogen-bond donors (Lipinski definition) is 0. The molecule has 142 valence electrons. The number of benzene rings is 1. The third-order valence-electron chi connectivity index (χ3n) is 4.03. The second-order valence-corrected chi connectivity index (χ2v) is 9.18. The predicted octanol–water partition coefficient (Wildman–Crippen LogP) is 5.79. The SMILES string of the molecule is CC(C)CCn1c(SCC(=O)c2ccc(Cl)c(Cl)c2)nc2ccsc2c1=O. The van der Waals surface area contributed by atoms with Gasteiger partial charge >= 0.3 is 0 Å². The Bertz CT molecular complexity index is 1040. The Morgan fingerprint density at radius 2 is 2.04 bits per heavy atom. The number of Topliss-reactive ketones (excluding diaryl/α,β-unsaturated/α-hetero) is 1. The lowest BCUT2D eigenvalue weighted by atomic mass is 10.1. The second-order valence-electron chi connectivity index (χ2n) is 6.51. The van der Waals surface area contributed by atoms with Gasteiger partial charge in [-0.25, -0.2) is 4.98 Å². The minimum Gasteiger partial charge on any atom is -0.293 e. The molecule has 0 saturated heterocycles.